The van der Waals surface area contributed by atoms with E-state index >= 15 is 0 Å². The van der Waals surface area contributed by atoms with Crippen molar-refractivity contribution in [1.29, 1.82) is 0 Å². The van der Waals surface area contributed by atoms with Crippen LogP contribution >= 0.6 is 23.8 Å². The van der Waals surface area contributed by atoms with Crippen LogP contribution in [-0.4, -0.2) is 19.8 Å². The Kier molecular flexibility index (Phi) is 5.28. The number of hydrogen-bond donors (Lipinski definition) is 2. The van der Waals surface area contributed by atoms with Gasteiger partial charge in [0.15, 0.2) is 5.11 Å². The summed E-state index contributed by atoms with van der Waals surface area (Å²) in [7, 11) is 0. The third-order valence-corrected chi connectivity index (χ3v) is 6.04. The molecule has 0 amide bonds. The maximum Gasteiger partial charge on any atom is 0.174 e. The lowest BCUT2D eigenvalue weighted by Gasteiger charge is -2.29. The number of nitrogens with one attached hydrogen (secondary N) is 1. The van der Waals surface area contributed by atoms with Gasteiger partial charge < -0.3 is 19.9 Å². The fourth-order valence-corrected chi connectivity index (χ4v) is 4.61. The molecule has 1 saturated heterocycles. The maximum atomic E-state index is 14.7. The van der Waals surface area contributed by atoms with Gasteiger partial charge in [-0.2, -0.15) is 0 Å². The Hall–Kier alpha value is -3.42. The van der Waals surface area contributed by atoms with Gasteiger partial charge in [-0.1, -0.05) is 29.8 Å². The van der Waals surface area contributed by atoms with Gasteiger partial charge in [-0.25, -0.2) is 4.39 Å². The van der Waals surface area contributed by atoms with Crippen molar-refractivity contribution < 1.29 is 9.50 Å². The second-order valence-electron chi connectivity index (χ2n) is 7.38. The van der Waals surface area contributed by atoms with Crippen LogP contribution in [0.25, 0.3) is 5.69 Å². The molecule has 32 heavy (non-hydrogen) atoms. The zero-order chi connectivity index (χ0) is 22.2. The predicted octanol–water partition coefficient (Wildman–Crippen LogP) is 5.55. The highest BCUT2D eigenvalue weighted by molar-refractivity contribution is 7.80. The number of para-hydroxylation sites is 1. The van der Waals surface area contributed by atoms with Gasteiger partial charge in [0.1, 0.15) is 17.6 Å². The number of phenolic OH excluding ortho intramolecular Hbond substituents is 1. The molecule has 3 heterocycles. The SMILES string of the molecule is Oc1ccc(Cl)cc1N1C(=S)N[C@@H](c2ccccn2)[C@H]1c1cccn1-c1ccccc1F. The molecule has 5 rings (SSSR count). The first-order chi connectivity index (χ1) is 15.5. The fraction of sp³-hybridized carbons (Fsp3) is 0.0833. The first-order valence-corrected chi connectivity index (χ1v) is 10.7. The summed E-state index contributed by atoms with van der Waals surface area (Å²) in [6.45, 7) is 0. The van der Waals surface area contributed by atoms with Crippen LogP contribution in [-0.2, 0) is 0 Å². The highest BCUT2D eigenvalue weighted by Gasteiger charge is 2.43. The van der Waals surface area contributed by atoms with Crippen LogP contribution in [0.15, 0.2) is 85.2 Å². The number of halogens is 2. The summed E-state index contributed by atoms with van der Waals surface area (Å²) >= 11 is 11.9. The number of thiocarbonyl (C=S) groups is 1. The molecular formula is C24H18ClFN4OS. The van der Waals surface area contributed by atoms with Crippen molar-refractivity contribution >= 4 is 34.6 Å². The number of benzene rings is 2. The average molecular weight is 465 g/mol. The molecule has 0 unspecified atom stereocenters. The van der Waals surface area contributed by atoms with Gasteiger partial charge in [-0.15, -0.1) is 0 Å². The summed E-state index contributed by atoms with van der Waals surface area (Å²) in [5, 5.41) is 14.8. The Balaban J connectivity index is 1.71. The number of nitrogens with zero attached hydrogens (tertiary/aromatic N) is 3. The Morgan fingerprint density at radius 3 is 2.59 bits per heavy atom. The number of phenols is 1. The van der Waals surface area contributed by atoms with Crippen molar-refractivity contribution in [3.05, 3.63) is 107 Å². The van der Waals surface area contributed by atoms with Crippen LogP contribution in [0.2, 0.25) is 5.02 Å². The van der Waals surface area contributed by atoms with Crippen molar-refractivity contribution in [1.82, 2.24) is 14.9 Å². The molecule has 1 aliphatic heterocycles. The third-order valence-electron chi connectivity index (χ3n) is 5.49. The van der Waals surface area contributed by atoms with Gasteiger partial charge in [-0.05, 0) is 66.8 Å². The quantitative estimate of drug-likeness (QED) is 0.388. The van der Waals surface area contributed by atoms with E-state index < -0.39 is 6.04 Å². The van der Waals surface area contributed by atoms with Crippen LogP contribution in [0.3, 0.4) is 0 Å². The molecule has 160 valence electrons. The molecule has 2 aromatic heterocycles. The molecule has 1 aliphatic rings. The monoisotopic (exact) mass is 464 g/mol. The number of aromatic nitrogens is 2. The normalized spacial score (nSPS) is 18.1. The fourth-order valence-electron chi connectivity index (χ4n) is 4.11. The molecule has 2 atom stereocenters. The number of aromatic hydroxyl groups is 1. The van der Waals surface area contributed by atoms with Crippen molar-refractivity contribution in [3.8, 4) is 11.4 Å². The van der Waals surface area contributed by atoms with E-state index in [1.165, 1.54) is 12.1 Å². The van der Waals surface area contributed by atoms with E-state index in [9.17, 15) is 9.50 Å². The highest BCUT2D eigenvalue weighted by atomic mass is 35.5. The van der Waals surface area contributed by atoms with Gasteiger partial charge in [-0.3, -0.25) is 4.98 Å². The summed E-state index contributed by atoms with van der Waals surface area (Å²) in [5.41, 5.74) is 2.42. The molecule has 2 aromatic carbocycles. The smallest absolute Gasteiger partial charge is 0.174 e. The molecule has 1 fully saturated rings. The van der Waals surface area contributed by atoms with Crippen molar-refractivity contribution in [2.24, 2.45) is 0 Å². The van der Waals surface area contributed by atoms with E-state index in [2.05, 4.69) is 10.3 Å². The van der Waals surface area contributed by atoms with E-state index in [1.54, 1.807) is 47.3 Å². The van der Waals surface area contributed by atoms with Crippen LogP contribution in [0, 0.1) is 5.82 Å². The van der Waals surface area contributed by atoms with Crippen LogP contribution in [0.1, 0.15) is 23.5 Å². The number of anilines is 1. The standard InChI is InChI=1S/C24H18ClFN4OS/c25-15-10-11-21(31)20(14-15)30-23(22(28-24(30)32)17-7-3-4-12-27-17)19-9-5-13-29(19)18-8-2-1-6-16(18)26/h1-14,22-23,31H,(H,28,32)/t22-,23+/m0/s1. The lowest BCUT2D eigenvalue weighted by molar-refractivity contribution is 0.471. The summed E-state index contributed by atoms with van der Waals surface area (Å²) in [6, 6.07) is 20.0. The topological polar surface area (TPSA) is 53.3 Å². The minimum absolute atomic E-state index is 0.0363. The summed E-state index contributed by atoms with van der Waals surface area (Å²) in [5.74, 6) is -0.306. The average Bonchev–Trinajstić information content (AvgIpc) is 3.40. The van der Waals surface area contributed by atoms with E-state index in [-0.39, 0.29) is 17.6 Å². The molecule has 8 heteroatoms. The van der Waals surface area contributed by atoms with Gasteiger partial charge in [0, 0.05) is 23.1 Å². The highest BCUT2D eigenvalue weighted by Crippen LogP contribution is 2.45. The van der Waals surface area contributed by atoms with Crippen molar-refractivity contribution in [2.45, 2.75) is 12.1 Å². The van der Waals surface area contributed by atoms with Gasteiger partial charge in [0.25, 0.3) is 0 Å². The predicted molar refractivity (Wildman–Crippen MR) is 127 cm³/mol. The molecule has 4 aromatic rings. The van der Waals surface area contributed by atoms with E-state index in [4.69, 9.17) is 23.8 Å². The summed E-state index contributed by atoms with van der Waals surface area (Å²) in [6.07, 6.45) is 3.52. The molecule has 0 aliphatic carbocycles. The molecule has 0 saturated carbocycles. The molecule has 0 radical (unpaired) electrons. The van der Waals surface area contributed by atoms with Gasteiger partial charge in [0.05, 0.1) is 23.1 Å². The van der Waals surface area contributed by atoms with Gasteiger partial charge in [0.2, 0.25) is 0 Å². The van der Waals surface area contributed by atoms with E-state index in [1.807, 2.05) is 35.2 Å². The second kappa shape index (κ2) is 8.26. The lowest BCUT2D eigenvalue weighted by Crippen LogP contribution is -2.30. The van der Waals surface area contributed by atoms with Gasteiger partial charge >= 0.3 is 0 Å². The first-order valence-electron chi connectivity index (χ1n) is 9.96. The molecule has 5 nitrogen and oxygen atoms in total. The Labute approximate surface area is 194 Å². The van der Waals surface area contributed by atoms with Crippen LogP contribution in [0.5, 0.6) is 5.75 Å². The number of hydrogen-bond acceptors (Lipinski definition) is 3. The third kappa shape index (κ3) is 3.49. The van der Waals surface area contributed by atoms with Crippen molar-refractivity contribution in [2.75, 3.05) is 4.90 Å². The minimum atomic E-state index is -0.434. The Bertz CT molecular complexity index is 1300. The van der Waals surface area contributed by atoms with E-state index in [0.29, 0.717) is 21.5 Å². The molecule has 0 spiro atoms. The number of rotatable bonds is 4. The summed E-state index contributed by atoms with van der Waals surface area (Å²) in [4.78, 5) is 6.33. The largest absolute Gasteiger partial charge is 0.506 e. The van der Waals surface area contributed by atoms with Crippen LogP contribution in [0.4, 0.5) is 10.1 Å². The van der Waals surface area contributed by atoms with Crippen molar-refractivity contribution in [3.63, 3.8) is 0 Å². The zero-order valence-electron chi connectivity index (χ0n) is 16.7. The zero-order valence-corrected chi connectivity index (χ0v) is 18.3. The summed E-state index contributed by atoms with van der Waals surface area (Å²) < 4.78 is 16.5. The first kappa shape index (κ1) is 20.5. The molecular weight excluding hydrogens is 447 g/mol. The minimum Gasteiger partial charge on any atom is -0.506 e. The number of pyridine rings is 1. The maximum absolute atomic E-state index is 14.7. The molecule has 2 N–H and O–H groups in total. The Morgan fingerprint density at radius 1 is 1.00 bits per heavy atom. The Morgan fingerprint density at radius 2 is 1.81 bits per heavy atom. The second-order valence-corrected chi connectivity index (χ2v) is 8.21. The molecule has 0 bridgehead atoms. The lowest BCUT2D eigenvalue weighted by atomic mass is 10.0. The van der Waals surface area contributed by atoms with E-state index in [0.717, 1.165) is 11.4 Å². The van der Waals surface area contributed by atoms with Crippen LogP contribution < -0.4 is 10.2 Å².